The highest BCUT2D eigenvalue weighted by Gasteiger charge is 2.28. The molecular formula is C22H33N5O4. The number of carbonyl (C=O) groups is 3. The lowest BCUT2D eigenvalue weighted by Crippen LogP contribution is -2.55. The topological polar surface area (TPSA) is 163 Å². The van der Waals surface area contributed by atoms with Crippen molar-refractivity contribution in [2.45, 2.75) is 57.7 Å². The van der Waals surface area contributed by atoms with Crippen LogP contribution in [-0.4, -0.2) is 52.5 Å². The Labute approximate surface area is 181 Å². The molecule has 1 aromatic heterocycles. The van der Waals surface area contributed by atoms with Crippen LogP contribution in [0.1, 0.15) is 38.7 Å². The number of fused-ring (bicyclic) bond motifs is 1. The van der Waals surface area contributed by atoms with Crippen LogP contribution in [0.3, 0.4) is 0 Å². The van der Waals surface area contributed by atoms with E-state index in [1.807, 2.05) is 44.3 Å². The van der Waals surface area contributed by atoms with Crippen molar-refractivity contribution in [2.24, 2.45) is 17.4 Å². The van der Waals surface area contributed by atoms with Gasteiger partial charge in [-0.2, -0.15) is 0 Å². The molecular weight excluding hydrogens is 398 g/mol. The maximum Gasteiger partial charge on any atom is 0.326 e. The van der Waals surface area contributed by atoms with Gasteiger partial charge in [0.25, 0.3) is 0 Å². The van der Waals surface area contributed by atoms with Gasteiger partial charge in [0.1, 0.15) is 12.1 Å². The number of aliphatic carboxylic acids is 1. The summed E-state index contributed by atoms with van der Waals surface area (Å²) in [6.45, 7) is 4.16. The summed E-state index contributed by atoms with van der Waals surface area (Å²) in [4.78, 5) is 40.1. The standard InChI is InChI=1S/C22H33N5O4/c1-13(2)10-19(21(29)26-18(22(30)31)8-5-9-23)27-20(28)16(24)11-14-12-25-17-7-4-3-6-15(14)17/h3-4,6-7,12-13,16,18-19,25H,5,8-11,23-24H2,1-2H3,(H,26,29)(H,27,28)(H,30,31)/t16-,18+,19-/m1/s1. The van der Waals surface area contributed by atoms with E-state index in [0.717, 1.165) is 16.5 Å². The van der Waals surface area contributed by atoms with Crippen molar-refractivity contribution in [1.82, 2.24) is 15.6 Å². The first-order chi connectivity index (χ1) is 14.7. The second-order valence-electron chi connectivity index (χ2n) is 8.19. The molecule has 0 bridgehead atoms. The van der Waals surface area contributed by atoms with E-state index in [9.17, 15) is 19.5 Å². The number of carboxylic acids is 1. The lowest BCUT2D eigenvalue weighted by Gasteiger charge is -2.24. The van der Waals surface area contributed by atoms with Crippen molar-refractivity contribution in [1.29, 1.82) is 0 Å². The minimum Gasteiger partial charge on any atom is -0.480 e. The Bertz CT molecular complexity index is 895. The molecule has 9 heteroatoms. The lowest BCUT2D eigenvalue weighted by molar-refractivity contribution is -0.142. The van der Waals surface area contributed by atoms with Crippen molar-refractivity contribution in [2.75, 3.05) is 6.54 Å². The highest BCUT2D eigenvalue weighted by molar-refractivity contribution is 5.92. The Morgan fingerprint density at radius 2 is 1.77 bits per heavy atom. The molecule has 31 heavy (non-hydrogen) atoms. The molecule has 2 rings (SSSR count). The zero-order valence-electron chi connectivity index (χ0n) is 18.1. The molecule has 1 aromatic carbocycles. The predicted molar refractivity (Wildman–Crippen MR) is 119 cm³/mol. The monoisotopic (exact) mass is 431 g/mol. The number of rotatable bonds is 12. The minimum atomic E-state index is -1.13. The molecule has 170 valence electrons. The number of carbonyl (C=O) groups excluding carboxylic acids is 2. The maximum absolute atomic E-state index is 12.7. The summed E-state index contributed by atoms with van der Waals surface area (Å²) < 4.78 is 0. The number of nitrogens with two attached hydrogens (primary N) is 2. The van der Waals surface area contributed by atoms with E-state index >= 15 is 0 Å². The average Bonchev–Trinajstić information content (AvgIpc) is 3.12. The third-order valence-corrected chi connectivity index (χ3v) is 5.10. The molecule has 3 atom stereocenters. The first-order valence-corrected chi connectivity index (χ1v) is 10.6. The van der Waals surface area contributed by atoms with Crippen molar-refractivity contribution < 1.29 is 19.5 Å². The second kappa shape index (κ2) is 11.5. The third kappa shape index (κ3) is 7.08. The summed E-state index contributed by atoms with van der Waals surface area (Å²) in [6, 6.07) is 4.95. The van der Waals surface area contributed by atoms with E-state index in [2.05, 4.69) is 15.6 Å². The Balaban J connectivity index is 2.05. The van der Waals surface area contributed by atoms with Gasteiger partial charge in [0.05, 0.1) is 6.04 Å². The Morgan fingerprint density at radius 1 is 1.10 bits per heavy atom. The van der Waals surface area contributed by atoms with Gasteiger partial charge in [-0.05, 0) is 49.8 Å². The molecule has 0 aliphatic heterocycles. The van der Waals surface area contributed by atoms with Crippen LogP contribution in [0.25, 0.3) is 10.9 Å². The number of aromatic nitrogens is 1. The highest BCUT2D eigenvalue weighted by atomic mass is 16.4. The quantitative estimate of drug-likeness (QED) is 0.292. The van der Waals surface area contributed by atoms with Crippen LogP contribution in [0, 0.1) is 5.92 Å². The summed E-state index contributed by atoms with van der Waals surface area (Å²) in [5, 5.41) is 15.6. The fraction of sp³-hybridized carbons (Fsp3) is 0.500. The third-order valence-electron chi connectivity index (χ3n) is 5.10. The normalized spacial score (nSPS) is 14.2. The molecule has 2 aromatic rings. The summed E-state index contributed by atoms with van der Waals surface area (Å²) in [5.41, 5.74) is 13.4. The molecule has 0 fully saturated rings. The number of nitrogens with one attached hydrogen (secondary N) is 3. The Hall–Kier alpha value is -2.91. The van der Waals surface area contributed by atoms with Crippen LogP contribution in [0.5, 0.6) is 0 Å². The van der Waals surface area contributed by atoms with Crippen molar-refractivity contribution in [3.8, 4) is 0 Å². The highest BCUT2D eigenvalue weighted by Crippen LogP contribution is 2.19. The average molecular weight is 432 g/mol. The molecule has 8 N–H and O–H groups in total. The molecule has 2 amide bonds. The molecule has 0 saturated heterocycles. The molecule has 0 spiro atoms. The van der Waals surface area contributed by atoms with Crippen molar-refractivity contribution in [3.63, 3.8) is 0 Å². The Kier molecular flexibility index (Phi) is 9.02. The molecule has 0 aliphatic carbocycles. The first kappa shape index (κ1) is 24.4. The van der Waals surface area contributed by atoms with Gasteiger partial charge in [0, 0.05) is 17.1 Å². The summed E-state index contributed by atoms with van der Waals surface area (Å²) >= 11 is 0. The number of amides is 2. The maximum atomic E-state index is 12.7. The zero-order chi connectivity index (χ0) is 23.0. The van der Waals surface area contributed by atoms with Gasteiger partial charge in [-0.3, -0.25) is 9.59 Å². The SMILES string of the molecule is CC(C)C[C@@H](NC(=O)[C@H](N)Cc1c[nH]c2ccccc12)C(=O)N[C@@H](CCCN)C(=O)O. The van der Waals surface area contributed by atoms with E-state index in [-0.39, 0.29) is 12.3 Å². The van der Waals surface area contributed by atoms with Crippen LogP contribution in [0.15, 0.2) is 30.5 Å². The summed E-state index contributed by atoms with van der Waals surface area (Å²) in [6.07, 6.45) is 3.18. The molecule has 0 aliphatic rings. The number of hydrogen-bond acceptors (Lipinski definition) is 5. The van der Waals surface area contributed by atoms with Gasteiger partial charge in [-0.15, -0.1) is 0 Å². The van der Waals surface area contributed by atoms with Gasteiger partial charge in [0.15, 0.2) is 0 Å². The number of carboxylic acid groups (broad SMARTS) is 1. The smallest absolute Gasteiger partial charge is 0.326 e. The zero-order valence-corrected chi connectivity index (χ0v) is 18.1. The second-order valence-corrected chi connectivity index (χ2v) is 8.19. The number of para-hydroxylation sites is 1. The molecule has 0 unspecified atom stereocenters. The van der Waals surface area contributed by atoms with Gasteiger partial charge in [0.2, 0.25) is 11.8 Å². The van der Waals surface area contributed by atoms with E-state index in [0.29, 0.717) is 25.8 Å². The summed E-state index contributed by atoms with van der Waals surface area (Å²) in [5.74, 6) is -2.02. The van der Waals surface area contributed by atoms with Gasteiger partial charge in [-0.1, -0.05) is 32.0 Å². The van der Waals surface area contributed by atoms with Crippen molar-refractivity contribution in [3.05, 3.63) is 36.0 Å². The van der Waals surface area contributed by atoms with Crippen LogP contribution in [0.2, 0.25) is 0 Å². The van der Waals surface area contributed by atoms with E-state index in [4.69, 9.17) is 11.5 Å². The number of benzene rings is 1. The van der Waals surface area contributed by atoms with Crippen LogP contribution < -0.4 is 22.1 Å². The minimum absolute atomic E-state index is 0.105. The molecule has 1 heterocycles. The largest absolute Gasteiger partial charge is 0.480 e. The van der Waals surface area contributed by atoms with Gasteiger partial charge in [-0.25, -0.2) is 4.79 Å². The van der Waals surface area contributed by atoms with Crippen LogP contribution >= 0.6 is 0 Å². The fourth-order valence-electron chi connectivity index (χ4n) is 3.46. The molecule has 0 saturated carbocycles. The van der Waals surface area contributed by atoms with E-state index in [1.165, 1.54) is 0 Å². The first-order valence-electron chi connectivity index (χ1n) is 10.6. The lowest BCUT2D eigenvalue weighted by atomic mass is 10.0. The van der Waals surface area contributed by atoms with Crippen molar-refractivity contribution >= 4 is 28.7 Å². The van der Waals surface area contributed by atoms with E-state index < -0.39 is 35.9 Å². The molecule has 9 nitrogen and oxygen atoms in total. The van der Waals surface area contributed by atoms with Gasteiger partial charge >= 0.3 is 5.97 Å². The summed E-state index contributed by atoms with van der Waals surface area (Å²) in [7, 11) is 0. The number of aromatic amines is 1. The Morgan fingerprint density at radius 3 is 2.42 bits per heavy atom. The number of hydrogen-bond donors (Lipinski definition) is 6. The van der Waals surface area contributed by atoms with Crippen LogP contribution in [-0.2, 0) is 20.8 Å². The molecule has 0 radical (unpaired) electrons. The van der Waals surface area contributed by atoms with Gasteiger partial charge < -0.3 is 32.2 Å². The van der Waals surface area contributed by atoms with Crippen LogP contribution in [0.4, 0.5) is 0 Å². The number of H-pyrrole nitrogens is 1. The van der Waals surface area contributed by atoms with E-state index in [1.54, 1.807) is 0 Å². The predicted octanol–water partition coefficient (Wildman–Crippen LogP) is 0.877. The fourth-order valence-corrected chi connectivity index (χ4v) is 3.46.